The minimum absolute atomic E-state index is 0.0455. The number of fused-ring (bicyclic) bond motifs is 1. The maximum Gasteiger partial charge on any atom is 0.261 e. The maximum atomic E-state index is 10.9. The Morgan fingerprint density at radius 3 is 2.10 bits per heavy atom. The van der Waals surface area contributed by atoms with Gasteiger partial charge in [0.25, 0.3) is 8.32 Å². The Bertz CT molecular complexity index is 1180. The average molecular weight is 589 g/mol. The maximum absolute atomic E-state index is 10.9. The van der Waals surface area contributed by atoms with Crippen molar-refractivity contribution in [3.63, 3.8) is 0 Å². The molecule has 0 amide bonds. The second-order valence-electron chi connectivity index (χ2n) is 14.2. The molecule has 0 saturated carbocycles. The van der Waals surface area contributed by atoms with Gasteiger partial charge in [-0.25, -0.2) is 0 Å². The van der Waals surface area contributed by atoms with Crippen molar-refractivity contribution >= 4 is 18.7 Å². The normalized spacial score (nSPS) is 29.5. The van der Waals surface area contributed by atoms with Gasteiger partial charge in [-0.15, -0.1) is 0 Å². The molecule has 2 aliphatic carbocycles. The summed E-state index contributed by atoms with van der Waals surface area (Å²) in [6.45, 7) is 14.0. The molecule has 1 N–H and O–H groups in total. The zero-order valence-electron chi connectivity index (χ0n) is 26.6. The Labute approximate surface area is 255 Å². The number of allylic oxidation sites excluding steroid dienone is 3. The van der Waals surface area contributed by atoms with E-state index in [-0.39, 0.29) is 29.3 Å². The van der Waals surface area contributed by atoms with Crippen LogP contribution in [0.5, 0.6) is 0 Å². The summed E-state index contributed by atoms with van der Waals surface area (Å²) in [5.41, 5.74) is 1.34. The van der Waals surface area contributed by atoms with Crippen LogP contribution in [0, 0.1) is 17.8 Å². The lowest BCUT2D eigenvalue weighted by Gasteiger charge is -2.45. The molecule has 42 heavy (non-hydrogen) atoms. The summed E-state index contributed by atoms with van der Waals surface area (Å²) in [5.74, 6) is 0.534. The Morgan fingerprint density at radius 2 is 1.50 bits per heavy atom. The fourth-order valence-corrected chi connectivity index (χ4v) is 12.5. The Hall–Kier alpha value is -2.02. The lowest BCUT2D eigenvalue weighted by Crippen LogP contribution is -2.66. The molecule has 0 spiro atoms. The molecule has 3 aliphatic rings. The van der Waals surface area contributed by atoms with E-state index in [0.717, 1.165) is 38.5 Å². The highest BCUT2D eigenvalue weighted by Crippen LogP contribution is 2.43. The van der Waals surface area contributed by atoms with Gasteiger partial charge < -0.3 is 19.0 Å². The van der Waals surface area contributed by atoms with Gasteiger partial charge in [0.1, 0.15) is 0 Å². The van der Waals surface area contributed by atoms with Gasteiger partial charge in [-0.2, -0.15) is 0 Å². The molecule has 0 unspecified atom stereocenters. The van der Waals surface area contributed by atoms with E-state index in [1.54, 1.807) is 0 Å². The third kappa shape index (κ3) is 6.71. The number of hydrogen-bond acceptors (Lipinski definition) is 4. The summed E-state index contributed by atoms with van der Waals surface area (Å²) >= 11 is 0. The van der Waals surface area contributed by atoms with E-state index in [1.807, 2.05) is 13.8 Å². The summed E-state index contributed by atoms with van der Waals surface area (Å²) in [7, 11) is -2.58. The van der Waals surface area contributed by atoms with Crippen LogP contribution in [0.2, 0.25) is 5.04 Å². The molecular weight excluding hydrogens is 536 g/mol. The molecule has 1 heterocycles. The minimum Gasteiger partial charge on any atom is -0.407 e. The van der Waals surface area contributed by atoms with Crippen molar-refractivity contribution in [2.24, 2.45) is 17.8 Å². The second kappa shape index (κ2) is 12.9. The SMILES string of the molecule is C[C@H]1C=CC2=CCC[C@H](O)[C@@H]2[C@H]1CC[C@@H]1C[C@H](CCO[Si](c2ccccc2)(c2ccccc2)C(C)(C)C)OC(C)(C)O1. The van der Waals surface area contributed by atoms with Gasteiger partial charge in [-0.1, -0.05) is 107 Å². The van der Waals surface area contributed by atoms with Gasteiger partial charge >= 0.3 is 0 Å². The van der Waals surface area contributed by atoms with Crippen LogP contribution in [-0.2, 0) is 13.9 Å². The number of aliphatic hydroxyl groups is 1. The first-order valence-corrected chi connectivity index (χ1v) is 18.1. The zero-order chi connectivity index (χ0) is 30.0. The predicted octanol–water partition coefficient (Wildman–Crippen LogP) is 7.16. The van der Waals surface area contributed by atoms with Gasteiger partial charge in [-0.05, 0) is 78.8 Å². The highest BCUT2D eigenvalue weighted by atomic mass is 28.4. The van der Waals surface area contributed by atoms with Crippen molar-refractivity contribution in [1.29, 1.82) is 0 Å². The standard InChI is InChI=1S/C37H52O4Si/c1-27-20-21-28-14-13-19-34(38)35(28)33(27)23-22-29-26-30(41-37(5,6)40-29)24-25-39-42(36(2,3)4,31-15-9-7-10-16-31)32-17-11-8-12-18-32/h7-12,14-18,20-21,27,29-30,33-35,38H,13,19,22-26H2,1-6H3/t27-,29+,30-,33-,34-,35-/m0/s1. The molecule has 4 nitrogen and oxygen atoms in total. The lowest BCUT2D eigenvalue weighted by atomic mass is 9.66. The van der Waals surface area contributed by atoms with Crippen LogP contribution in [0.3, 0.4) is 0 Å². The predicted molar refractivity (Wildman–Crippen MR) is 174 cm³/mol. The van der Waals surface area contributed by atoms with Crippen LogP contribution in [0.15, 0.2) is 84.5 Å². The van der Waals surface area contributed by atoms with Crippen molar-refractivity contribution < 1.29 is 19.0 Å². The molecule has 1 fully saturated rings. The molecule has 0 aromatic heterocycles. The van der Waals surface area contributed by atoms with E-state index >= 15 is 0 Å². The van der Waals surface area contributed by atoms with Gasteiger partial charge in [0, 0.05) is 18.9 Å². The third-order valence-corrected chi connectivity index (χ3v) is 14.8. The highest BCUT2D eigenvalue weighted by molar-refractivity contribution is 6.99. The Balaban J connectivity index is 1.28. The molecule has 6 atom stereocenters. The molecule has 1 saturated heterocycles. The fourth-order valence-electron chi connectivity index (χ4n) is 7.90. The summed E-state index contributed by atoms with van der Waals surface area (Å²) in [4.78, 5) is 0. The molecule has 1 aliphatic heterocycles. The molecule has 228 valence electrons. The Kier molecular flexibility index (Phi) is 9.66. The van der Waals surface area contributed by atoms with Crippen LogP contribution < -0.4 is 10.4 Å². The van der Waals surface area contributed by atoms with Crippen LogP contribution >= 0.6 is 0 Å². The summed E-state index contributed by atoms with van der Waals surface area (Å²) in [5, 5.41) is 13.5. The van der Waals surface area contributed by atoms with E-state index < -0.39 is 14.1 Å². The zero-order valence-corrected chi connectivity index (χ0v) is 27.6. The van der Waals surface area contributed by atoms with E-state index in [4.69, 9.17) is 13.9 Å². The quantitative estimate of drug-likeness (QED) is 0.316. The van der Waals surface area contributed by atoms with Crippen molar-refractivity contribution in [2.75, 3.05) is 6.61 Å². The van der Waals surface area contributed by atoms with Crippen LogP contribution in [0.4, 0.5) is 0 Å². The first-order chi connectivity index (χ1) is 20.0. The Morgan fingerprint density at radius 1 is 0.905 bits per heavy atom. The van der Waals surface area contributed by atoms with E-state index in [1.165, 1.54) is 15.9 Å². The number of hydrogen-bond donors (Lipinski definition) is 1. The first kappa shape index (κ1) is 31.4. The largest absolute Gasteiger partial charge is 0.407 e. The minimum atomic E-state index is -2.58. The lowest BCUT2D eigenvalue weighted by molar-refractivity contribution is -0.302. The van der Waals surface area contributed by atoms with Crippen molar-refractivity contribution in [1.82, 2.24) is 0 Å². The van der Waals surface area contributed by atoms with Crippen molar-refractivity contribution in [2.45, 2.75) is 109 Å². The highest BCUT2D eigenvalue weighted by Gasteiger charge is 2.50. The van der Waals surface area contributed by atoms with Gasteiger partial charge in [0.2, 0.25) is 0 Å². The van der Waals surface area contributed by atoms with Gasteiger partial charge in [-0.3, -0.25) is 0 Å². The van der Waals surface area contributed by atoms with Crippen LogP contribution in [0.1, 0.15) is 80.1 Å². The van der Waals surface area contributed by atoms with E-state index in [9.17, 15) is 5.11 Å². The average Bonchev–Trinajstić information content (AvgIpc) is 2.94. The molecular formula is C37H52O4Si. The van der Waals surface area contributed by atoms with E-state index in [2.05, 4.69) is 107 Å². The van der Waals surface area contributed by atoms with Crippen molar-refractivity contribution in [3.05, 3.63) is 84.5 Å². The number of rotatable bonds is 9. The van der Waals surface area contributed by atoms with Crippen molar-refractivity contribution in [3.8, 4) is 0 Å². The topological polar surface area (TPSA) is 47.9 Å². The molecule has 5 heteroatoms. The summed E-state index contributed by atoms with van der Waals surface area (Å²) in [6, 6.07) is 21.7. The number of ether oxygens (including phenoxy) is 2. The number of aliphatic hydroxyl groups excluding tert-OH is 1. The van der Waals surface area contributed by atoms with Gasteiger partial charge in [0.05, 0.1) is 18.3 Å². The second-order valence-corrected chi connectivity index (χ2v) is 18.6. The molecule has 2 aromatic carbocycles. The summed E-state index contributed by atoms with van der Waals surface area (Å²) in [6.07, 6.45) is 12.5. The molecule has 0 bridgehead atoms. The first-order valence-electron chi connectivity index (χ1n) is 16.2. The fraction of sp³-hybridized carbons (Fsp3) is 0.568. The third-order valence-electron chi connectivity index (χ3n) is 9.79. The summed E-state index contributed by atoms with van der Waals surface area (Å²) < 4.78 is 20.2. The van der Waals surface area contributed by atoms with Gasteiger partial charge in [0.15, 0.2) is 5.79 Å². The number of benzene rings is 2. The van der Waals surface area contributed by atoms with Crippen LogP contribution in [-0.4, -0.2) is 44.1 Å². The van der Waals surface area contributed by atoms with E-state index in [0.29, 0.717) is 18.4 Å². The molecule has 5 rings (SSSR count). The monoisotopic (exact) mass is 588 g/mol. The molecule has 2 aromatic rings. The smallest absolute Gasteiger partial charge is 0.261 e. The van der Waals surface area contributed by atoms with Crippen LogP contribution in [0.25, 0.3) is 0 Å². The molecule has 0 radical (unpaired) electrons.